The lowest BCUT2D eigenvalue weighted by molar-refractivity contribution is -0.111. The molecule has 0 saturated heterocycles. The summed E-state index contributed by atoms with van der Waals surface area (Å²) in [6.07, 6.45) is 7.78. The Morgan fingerprint density at radius 2 is 2.32 bits per heavy atom. The largest absolute Gasteiger partial charge is 0.481 e. The average molecular weight is 260 g/mol. The van der Waals surface area contributed by atoms with Gasteiger partial charge in [0.2, 0.25) is 11.8 Å². The fourth-order valence-corrected chi connectivity index (χ4v) is 1.49. The molecule has 0 atom stereocenters. The number of nitrogens with zero attached hydrogens (tertiary/aromatic N) is 1. The molecule has 1 aromatic rings. The number of pyridine rings is 1. The minimum atomic E-state index is -0.260. The van der Waals surface area contributed by atoms with Crippen molar-refractivity contribution in [1.82, 2.24) is 4.98 Å². The number of nitrogens with one attached hydrogen (secondary N) is 1. The number of aromatic nitrogens is 1. The zero-order chi connectivity index (χ0) is 14.3. The van der Waals surface area contributed by atoms with Gasteiger partial charge in [-0.2, -0.15) is 0 Å². The summed E-state index contributed by atoms with van der Waals surface area (Å²) in [4.78, 5) is 15.4. The summed E-state index contributed by atoms with van der Waals surface area (Å²) in [6, 6.07) is 1.82. The summed E-state index contributed by atoms with van der Waals surface area (Å²) >= 11 is 0. The van der Waals surface area contributed by atoms with Crippen LogP contribution in [0.1, 0.15) is 25.8 Å². The minimum absolute atomic E-state index is 0.260. The molecule has 0 aromatic carbocycles. The molecule has 19 heavy (non-hydrogen) atoms. The van der Waals surface area contributed by atoms with Crippen molar-refractivity contribution in [3.05, 3.63) is 36.6 Å². The molecular formula is C15H20N2O2. The van der Waals surface area contributed by atoms with Crippen LogP contribution in [0.25, 0.3) is 6.08 Å². The lowest BCUT2D eigenvalue weighted by Gasteiger charge is -2.07. The first-order valence-corrected chi connectivity index (χ1v) is 6.20. The van der Waals surface area contributed by atoms with Crippen LogP contribution < -0.4 is 10.1 Å². The normalized spacial score (nSPS) is 10.7. The first kappa shape index (κ1) is 15.0. The highest BCUT2D eigenvalue weighted by molar-refractivity contribution is 5.98. The Hall–Kier alpha value is -2.10. The molecule has 0 saturated carbocycles. The number of carbonyl (C=O) groups excluding carboxylic acids is 1. The van der Waals surface area contributed by atoms with Gasteiger partial charge in [0.05, 0.1) is 19.0 Å². The van der Waals surface area contributed by atoms with Crippen LogP contribution in [0.3, 0.4) is 0 Å². The lowest BCUT2D eigenvalue weighted by Crippen LogP contribution is -2.08. The first-order chi connectivity index (χ1) is 9.06. The maximum atomic E-state index is 11.2. The van der Waals surface area contributed by atoms with E-state index in [0.29, 0.717) is 17.5 Å². The highest BCUT2D eigenvalue weighted by atomic mass is 16.5. The highest BCUT2D eigenvalue weighted by Crippen LogP contribution is 2.21. The van der Waals surface area contributed by atoms with E-state index in [9.17, 15) is 4.79 Å². The smallest absolute Gasteiger partial charge is 0.247 e. The Labute approximate surface area is 114 Å². The predicted octanol–water partition coefficient (Wildman–Crippen LogP) is 3.27. The van der Waals surface area contributed by atoms with E-state index >= 15 is 0 Å². The van der Waals surface area contributed by atoms with Gasteiger partial charge in [-0.25, -0.2) is 4.98 Å². The third kappa shape index (κ3) is 4.95. The third-order valence-electron chi connectivity index (χ3n) is 2.43. The van der Waals surface area contributed by atoms with Crippen molar-refractivity contribution in [3.8, 4) is 5.88 Å². The summed E-state index contributed by atoms with van der Waals surface area (Å²) in [5, 5.41) is 2.67. The van der Waals surface area contributed by atoms with E-state index in [0.717, 1.165) is 12.0 Å². The maximum Gasteiger partial charge on any atom is 0.247 e. The number of anilines is 1. The standard InChI is InChI=1S/C15H20N2O2/c1-5-14(18)17-13-9-12(8-6-7-11(2)3)15(19-4)16-10-13/h5-6,8-11H,1,7H2,2-4H3,(H,17,18). The van der Waals surface area contributed by atoms with Gasteiger partial charge in [-0.3, -0.25) is 4.79 Å². The average Bonchev–Trinajstić information content (AvgIpc) is 2.38. The molecule has 0 spiro atoms. The number of hydrogen-bond acceptors (Lipinski definition) is 3. The molecule has 0 aliphatic heterocycles. The Bertz CT molecular complexity index is 479. The molecule has 102 valence electrons. The molecular weight excluding hydrogens is 240 g/mol. The van der Waals surface area contributed by atoms with Crippen molar-refractivity contribution >= 4 is 17.7 Å². The molecule has 0 aliphatic carbocycles. The molecule has 0 unspecified atom stereocenters. The molecule has 1 aromatic heterocycles. The number of methoxy groups -OCH3 is 1. The third-order valence-corrected chi connectivity index (χ3v) is 2.43. The predicted molar refractivity (Wildman–Crippen MR) is 78.1 cm³/mol. The minimum Gasteiger partial charge on any atom is -0.481 e. The molecule has 4 heteroatoms. The van der Waals surface area contributed by atoms with Gasteiger partial charge < -0.3 is 10.1 Å². The molecule has 0 radical (unpaired) electrons. The fraction of sp³-hybridized carbons (Fsp3) is 0.333. The van der Waals surface area contributed by atoms with Crippen LogP contribution in [0.4, 0.5) is 5.69 Å². The Balaban J connectivity index is 2.92. The summed E-state index contributed by atoms with van der Waals surface area (Å²) in [5.41, 5.74) is 1.46. The van der Waals surface area contributed by atoms with Gasteiger partial charge in [0.25, 0.3) is 0 Å². The van der Waals surface area contributed by atoms with Crippen LogP contribution in [-0.2, 0) is 4.79 Å². The topological polar surface area (TPSA) is 51.2 Å². The number of amides is 1. The monoisotopic (exact) mass is 260 g/mol. The van der Waals surface area contributed by atoms with Crippen molar-refractivity contribution < 1.29 is 9.53 Å². The maximum absolute atomic E-state index is 11.2. The quantitative estimate of drug-likeness (QED) is 0.799. The van der Waals surface area contributed by atoms with Gasteiger partial charge >= 0.3 is 0 Å². The van der Waals surface area contributed by atoms with Crippen molar-refractivity contribution in [3.63, 3.8) is 0 Å². The van der Waals surface area contributed by atoms with E-state index in [1.54, 1.807) is 13.3 Å². The Morgan fingerprint density at radius 3 is 2.89 bits per heavy atom. The number of allylic oxidation sites excluding steroid dienone is 1. The van der Waals surface area contributed by atoms with Crippen molar-refractivity contribution in [2.75, 3.05) is 12.4 Å². The zero-order valence-electron chi connectivity index (χ0n) is 11.6. The van der Waals surface area contributed by atoms with Gasteiger partial charge in [0.1, 0.15) is 0 Å². The Kier molecular flexibility index (Phi) is 5.79. The Morgan fingerprint density at radius 1 is 1.58 bits per heavy atom. The first-order valence-electron chi connectivity index (χ1n) is 6.20. The van der Waals surface area contributed by atoms with Gasteiger partial charge in [0.15, 0.2) is 0 Å². The second-order valence-electron chi connectivity index (χ2n) is 4.55. The van der Waals surface area contributed by atoms with Crippen LogP contribution in [0.2, 0.25) is 0 Å². The van der Waals surface area contributed by atoms with Crippen molar-refractivity contribution in [2.24, 2.45) is 5.92 Å². The second kappa shape index (κ2) is 7.36. The molecule has 1 heterocycles. The number of carbonyl (C=O) groups is 1. The van der Waals surface area contributed by atoms with Gasteiger partial charge in [-0.05, 0) is 24.5 Å². The second-order valence-corrected chi connectivity index (χ2v) is 4.55. The van der Waals surface area contributed by atoms with E-state index < -0.39 is 0 Å². The molecule has 1 amide bonds. The number of hydrogen-bond donors (Lipinski definition) is 1. The lowest BCUT2D eigenvalue weighted by atomic mass is 10.1. The summed E-state index contributed by atoms with van der Waals surface area (Å²) in [7, 11) is 1.57. The van der Waals surface area contributed by atoms with Gasteiger partial charge in [0, 0.05) is 5.56 Å². The fourth-order valence-electron chi connectivity index (χ4n) is 1.49. The van der Waals surface area contributed by atoms with Crippen LogP contribution in [-0.4, -0.2) is 18.0 Å². The van der Waals surface area contributed by atoms with Crippen LogP contribution in [0, 0.1) is 5.92 Å². The number of ether oxygens (including phenoxy) is 1. The number of rotatable bonds is 6. The van der Waals surface area contributed by atoms with Gasteiger partial charge in [-0.1, -0.05) is 32.6 Å². The van der Waals surface area contributed by atoms with Crippen molar-refractivity contribution in [2.45, 2.75) is 20.3 Å². The summed E-state index contributed by atoms with van der Waals surface area (Å²) < 4.78 is 5.19. The summed E-state index contributed by atoms with van der Waals surface area (Å²) in [6.45, 7) is 7.72. The van der Waals surface area contributed by atoms with E-state index in [-0.39, 0.29) is 5.91 Å². The van der Waals surface area contributed by atoms with E-state index in [4.69, 9.17) is 4.74 Å². The van der Waals surface area contributed by atoms with E-state index in [2.05, 4.69) is 36.8 Å². The molecule has 0 bridgehead atoms. The molecule has 4 nitrogen and oxygen atoms in total. The molecule has 0 fully saturated rings. The SMILES string of the molecule is C=CC(=O)Nc1cnc(OC)c(C=CCC(C)C)c1. The van der Waals surface area contributed by atoms with Crippen LogP contribution >= 0.6 is 0 Å². The molecule has 0 aliphatic rings. The van der Waals surface area contributed by atoms with Crippen molar-refractivity contribution in [1.29, 1.82) is 0 Å². The van der Waals surface area contributed by atoms with Crippen LogP contribution in [0.5, 0.6) is 5.88 Å². The zero-order valence-corrected chi connectivity index (χ0v) is 11.6. The molecule has 1 N–H and O–H groups in total. The molecule has 1 rings (SSSR count). The van der Waals surface area contributed by atoms with Gasteiger partial charge in [-0.15, -0.1) is 0 Å². The highest BCUT2D eigenvalue weighted by Gasteiger charge is 2.05. The van der Waals surface area contributed by atoms with E-state index in [1.807, 2.05) is 12.1 Å². The van der Waals surface area contributed by atoms with Crippen LogP contribution in [0.15, 0.2) is 31.0 Å². The summed E-state index contributed by atoms with van der Waals surface area (Å²) in [5.74, 6) is 0.875. The van der Waals surface area contributed by atoms with E-state index in [1.165, 1.54) is 6.08 Å².